The summed E-state index contributed by atoms with van der Waals surface area (Å²) in [6.45, 7) is 4.26. The van der Waals surface area contributed by atoms with Gasteiger partial charge in [0.25, 0.3) is 5.91 Å². The Balaban J connectivity index is 1.65. The van der Waals surface area contributed by atoms with Crippen LogP contribution in [0.1, 0.15) is 48.0 Å². The molecular formula is C25H32Cl2N4O2. The van der Waals surface area contributed by atoms with Crippen LogP contribution in [0.2, 0.25) is 10.0 Å². The highest BCUT2D eigenvalue weighted by atomic mass is 35.5. The molecule has 8 heteroatoms. The molecule has 33 heavy (non-hydrogen) atoms. The van der Waals surface area contributed by atoms with Crippen molar-refractivity contribution < 1.29 is 9.59 Å². The minimum absolute atomic E-state index is 0.0426. The van der Waals surface area contributed by atoms with Crippen LogP contribution in [-0.2, 0) is 4.79 Å². The van der Waals surface area contributed by atoms with E-state index in [2.05, 4.69) is 29.7 Å². The van der Waals surface area contributed by atoms with Crippen LogP contribution >= 0.6 is 23.2 Å². The first-order valence-corrected chi connectivity index (χ1v) is 12.2. The van der Waals surface area contributed by atoms with Gasteiger partial charge in [-0.25, -0.2) is 0 Å². The summed E-state index contributed by atoms with van der Waals surface area (Å²) in [5.74, 6) is 0.126. The summed E-state index contributed by atoms with van der Waals surface area (Å²) in [4.78, 5) is 27.8. The van der Waals surface area contributed by atoms with Crippen LogP contribution in [-0.4, -0.2) is 55.0 Å². The van der Waals surface area contributed by atoms with E-state index < -0.39 is 0 Å². The summed E-state index contributed by atoms with van der Waals surface area (Å²) >= 11 is 12.0. The predicted molar refractivity (Wildman–Crippen MR) is 134 cm³/mol. The molecule has 0 radical (unpaired) electrons. The van der Waals surface area contributed by atoms with Crippen LogP contribution in [0.3, 0.4) is 0 Å². The molecule has 3 atom stereocenters. The van der Waals surface area contributed by atoms with Gasteiger partial charge in [0, 0.05) is 37.2 Å². The first-order valence-electron chi connectivity index (χ1n) is 11.5. The molecular weight excluding hydrogens is 459 g/mol. The van der Waals surface area contributed by atoms with Gasteiger partial charge in [0.05, 0.1) is 16.1 Å². The lowest BCUT2D eigenvalue weighted by Crippen LogP contribution is -2.49. The van der Waals surface area contributed by atoms with E-state index >= 15 is 0 Å². The molecule has 6 nitrogen and oxygen atoms in total. The number of rotatable bonds is 9. The van der Waals surface area contributed by atoms with Crippen molar-refractivity contribution in [3.63, 3.8) is 0 Å². The van der Waals surface area contributed by atoms with Crippen LogP contribution in [0.5, 0.6) is 0 Å². The molecule has 0 saturated carbocycles. The summed E-state index contributed by atoms with van der Waals surface area (Å²) in [6, 6.07) is 14.7. The number of nitrogens with one attached hydrogen (secondary N) is 2. The lowest BCUT2D eigenvalue weighted by atomic mass is 9.95. The van der Waals surface area contributed by atoms with Crippen molar-refractivity contribution in [1.82, 2.24) is 15.5 Å². The number of amides is 2. The molecule has 1 unspecified atom stereocenters. The van der Waals surface area contributed by atoms with Crippen LogP contribution in [0, 0.1) is 0 Å². The van der Waals surface area contributed by atoms with Gasteiger partial charge in [-0.05, 0) is 49.6 Å². The molecule has 1 aliphatic heterocycles. The molecule has 2 aromatic rings. The second kappa shape index (κ2) is 12.4. The number of hydrogen-bond donors (Lipinski definition) is 3. The molecule has 1 saturated heterocycles. The van der Waals surface area contributed by atoms with Gasteiger partial charge in [0.2, 0.25) is 5.91 Å². The largest absolute Gasteiger partial charge is 0.350 e. The van der Waals surface area contributed by atoms with E-state index in [1.54, 1.807) is 18.2 Å². The Bertz CT molecular complexity index is 941. The average Bonchev–Trinajstić information content (AvgIpc) is 2.97. The Morgan fingerprint density at radius 1 is 1.21 bits per heavy atom. The second-order valence-corrected chi connectivity index (χ2v) is 9.24. The molecule has 2 aromatic carbocycles. The zero-order valence-corrected chi connectivity index (χ0v) is 20.4. The summed E-state index contributed by atoms with van der Waals surface area (Å²) in [7, 11) is 0. The predicted octanol–water partition coefficient (Wildman–Crippen LogP) is 3.82. The topological polar surface area (TPSA) is 87.5 Å². The Morgan fingerprint density at radius 2 is 1.97 bits per heavy atom. The molecule has 178 valence electrons. The van der Waals surface area contributed by atoms with Crippen LogP contribution < -0.4 is 16.4 Å². The van der Waals surface area contributed by atoms with Gasteiger partial charge in [-0.3, -0.25) is 9.59 Å². The van der Waals surface area contributed by atoms with Gasteiger partial charge in [-0.1, -0.05) is 60.5 Å². The highest BCUT2D eigenvalue weighted by molar-refractivity contribution is 6.42. The number of nitrogens with zero attached hydrogens (tertiary/aromatic N) is 1. The summed E-state index contributed by atoms with van der Waals surface area (Å²) < 4.78 is 0. The minimum Gasteiger partial charge on any atom is -0.350 e. The maximum atomic E-state index is 13.3. The number of hydrogen-bond acceptors (Lipinski definition) is 4. The first-order chi connectivity index (χ1) is 15.9. The number of carbonyl (C=O) groups is 2. The van der Waals surface area contributed by atoms with Crippen molar-refractivity contribution in [2.24, 2.45) is 5.73 Å². The third-order valence-electron chi connectivity index (χ3n) is 6.14. The Kier molecular flexibility index (Phi) is 9.56. The molecule has 0 aromatic heterocycles. The van der Waals surface area contributed by atoms with E-state index in [4.69, 9.17) is 28.9 Å². The van der Waals surface area contributed by atoms with Crippen LogP contribution in [0.25, 0.3) is 0 Å². The lowest BCUT2D eigenvalue weighted by Gasteiger charge is -2.28. The maximum absolute atomic E-state index is 13.3. The fourth-order valence-electron chi connectivity index (χ4n) is 4.21. The number of carbonyl (C=O) groups excluding carboxylic acids is 2. The van der Waals surface area contributed by atoms with Gasteiger partial charge in [-0.2, -0.15) is 0 Å². The quantitative estimate of drug-likeness (QED) is 0.498. The summed E-state index contributed by atoms with van der Waals surface area (Å²) in [5.41, 5.74) is 7.49. The van der Waals surface area contributed by atoms with Crippen molar-refractivity contribution in [2.75, 3.05) is 26.2 Å². The highest BCUT2D eigenvalue weighted by Gasteiger charge is 2.31. The fourth-order valence-corrected chi connectivity index (χ4v) is 4.51. The zero-order chi connectivity index (χ0) is 23.8. The van der Waals surface area contributed by atoms with Gasteiger partial charge in [-0.15, -0.1) is 0 Å². The van der Waals surface area contributed by atoms with Crippen molar-refractivity contribution >= 4 is 35.0 Å². The molecule has 1 fully saturated rings. The van der Waals surface area contributed by atoms with E-state index in [1.807, 2.05) is 23.1 Å². The van der Waals surface area contributed by atoms with Crippen molar-refractivity contribution in [2.45, 2.75) is 44.2 Å². The molecule has 0 spiro atoms. The SMILES string of the molecule is CCC(CN1CC[C@@H](CNC(=O)c2ccc(Cl)c(Cl)c2)N[C@@H](CCN)C1=O)c1ccccc1. The molecule has 3 rings (SSSR count). The normalized spacial score (nSPS) is 19.8. The summed E-state index contributed by atoms with van der Waals surface area (Å²) in [5, 5.41) is 7.11. The van der Waals surface area contributed by atoms with Crippen LogP contribution in [0.15, 0.2) is 48.5 Å². The molecule has 0 bridgehead atoms. The van der Waals surface area contributed by atoms with Gasteiger partial charge < -0.3 is 21.3 Å². The fraction of sp³-hybridized carbons (Fsp3) is 0.440. The second-order valence-electron chi connectivity index (χ2n) is 8.42. The third-order valence-corrected chi connectivity index (χ3v) is 6.88. The van der Waals surface area contributed by atoms with Crippen LogP contribution in [0.4, 0.5) is 0 Å². The standard InChI is InChI=1S/C25H32Cl2N4O2/c1-2-17(18-6-4-3-5-7-18)16-31-13-11-20(30-23(10-12-28)25(31)33)15-29-24(32)19-8-9-21(26)22(27)14-19/h3-9,14,17,20,23,30H,2,10-13,15-16,28H2,1H3,(H,29,32)/t17?,20-,23-/m0/s1. The first kappa shape index (κ1) is 25.5. The molecule has 2 amide bonds. The monoisotopic (exact) mass is 490 g/mol. The Labute approximate surface area is 205 Å². The van der Waals surface area contributed by atoms with E-state index in [0.717, 1.165) is 12.8 Å². The van der Waals surface area contributed by atoms with Gasteiger partial charge >= 0.3 is 0 Å². The highest BCUT2D eigenvalue weighted by Crippen LogP contribution is 2.24. The molecule has 4 N–H and O–H groups in total. The zero-order valence-electron chi connectivity index (χ0n) is 18.9. The molecule has 1 aliphatic rings. The third kappa shape index (κ3) is 6.93. The Hall–Kier alpha value is -2.12. The molecule has 1 heterocycles. The molecule has 0 aliphatic carbocycles. The maximum Gasteiger partial charge on any atom is 0.251 e. The average molecular weight is 491 g/mol. The van der Waals surface area contributed by atoms with Gasteiger partial charge in [0.15, 0.2) is 0 Å². The van der Waals surface area contributed by atoms with Crippen molar-refractivity contribution in [3.8, 4) is 0 Å². The number of benzene rings is 2. The minimum atomic E-state index is -0.363. The Morgan fingerprint density at radius 3 is 2.64 bits per heavy atom. The summed E-state index contributed by atoms with van der Waals surface area (Å²) in [6.07, 6.45) is 2.24. The smallest absolute Gasteiger partial charge is 0.251 e. The van der Waals surface area contributed by atoms with Gasteiger partial charge in [0.1, 0.15) is 0 Å². The van der Waals surface area contributed by atoms with E-state index in [1.165, 1.54) is 5.56 Å². The lowest BCUT2D eigenvalue weighted by molar-refractivity contribution is -0.133. The number of halogens is 2. The van der Waals surface area contributed by atoms with Crippen molar-refractivity contribution in [3.05, 3.63) is 69.7 Å². The van der Waals surface area contributed by atoms with E-state index in [9.17, 15) is 9.59 Å². The van der Waals surface area contributed by atoms with Crippen molar-refractivity contribution in [1.29, 1.82) is 0 Å². The number of nitrogens with two attached hydrogens (primary N) is 1. The van der Waals surface area contributed by atoms with E-state index in [-0.39, 0.29) is 29.8 Å². The van der Waals surface area contributed by atoms with E-state index in [0.29, 0.717) is 48.2 Å².